The first-order chi connectivity index (χ1) is 7.79. The van der Waals surface area contributed by atoms with Crippen molar-refractivity contribution in [2.75, 3.05) is 6.54 Å². The average molecular weight is 258 g/mol. The van der Waals surface area contributed by atoms with Crippen LogP contribution in [0.3, 0.4) is 0 Å². The molecule has 1 aromatic carbocycles. The summed E-state index contributed by atoms with van der Waals surface area (Å²) in [6, 6.07) is 4.90. The molecule has 3 heteroatoms. The van der Waals surface area contributed by atoms with Crippen molar-refractivity contribution in [1.29, 1.82) is 0 Å². The molecule has 1 unspecified atom stereocenters. The van der Waals surface area contributed by atoms with E-state index in [9.17, 15) is 4.39 Å². The van der Waals surface area contributed by atoms with Crippen molar-refractivity contribution in [3.63, 3.8) is 0 Å². The maximum absolute atomic E-state index is 13.7. The maximum atomic E-state index is 13.7. The summed E-state index contributed by atoms with van der Waals surface area (Å²) in [5.74, 6) is -0.0112. The highest BCUT2D eigenvalue weighted by atomic mass is 35.5. The average Bonchev–Trinajstić information content (AvgIpc) is 2.15. The molecule has 0 fully saturated rings. The lowest BCUT2D eigenvalue weighted by atomic mass is 9.96. The lowest BCUT2D eigenvalue weighted by Crippen LogP contribution is -2.36. The molecule has 1 N–H and O–H groups in total. The van der Waals surface area contributed by atoms with Crippen LogP contribution >= 0.6 is 11.6 Å². The van der Waals surface area contributed by atoms with Crippen LogP contribution < -0.4 is 5.32 Å². The van der Waals surface area contributed by atoms with Crippen molar-refractivity contribution >= 4 is 11.6 Å². The molecule has 0 radical (unpaired) electrons. The van der Waals surface area contributed by atoms with Crippen LogP contribution in [0.5, 0.6) is 0 Å². The summed E-state index contributed by atoms with van der Waals surface area (Å²) in [6.45, 7) is 9.30. The molecular weight excluding hydrogens is 237 g/mol. The molecule has 96 valence electrons. The fourth-order valence-electron chi connectivity index (χ4n) is 1.72. The van der Waals surface area contributed by atoms with E-state index in [-0.39, 0.29) is 17.3 Å². The van der Waals surface area contributed by atoms with Crippen LogP contribution in [0, 0.1) is 5.82 Å². The molecule has 0 aliphatic carbocycles. The molecule has 1 rings (SSSR count). The third kappa shape index (κ3) is 5.05. The first-order valence-electron chi connectivity index (χ1n) is 5.99. The first-order valence-corrected chi connectivity index (χ1v) is 6.37. The number of rotatable bonds is 4. The molecule has 0 bridgehead atoms. The first kappa shape index (κ1) is 14.5. The Labute approximate surface area is 108 Å². The van der Waals surface area contributed by atoms with Crippen LogP contribution in [0.15, 0.2) is 18.2 Å². The SMILES string of the molecule is CC(CCNC(C)(C)C)c1ccc(Cl)cc1F. The second-order valence-electron chi connectivity index (χ2n) is 5.53. The smallest absolute Gasteiger partial charge is 0.128 e. The predicted octanol–water partition coefficient (Wildman–Crippen LogP) is 4.36. The Morgan fingerprint density at radius 3 is 2.53 bits per heavy atom. The van der Waals surface area contributed by atoms with E-state index in [1.807, 2.05) is 6.92 Å². The van der Waals surface area contributed by atoms with Gasteiger partial charge in [0, 0.05) is 10.6 Å². The van der Waals surface area contributed by atoms with Crippen LogP contribution in [0.4, 0.5) is 4.39 Å². The Balaban J connectivity index is 2.55. The quantitative estimate of drug-likeness (QED) is 0.845. The van der Waals surface area contributed by atoms with Gasteiger partial charge in [-0.05, 0) is 57.4 Å². The summed E-state index contributed by atoms with van der Waals surface area (Å²) in [4.78, 5) is 0. The number of hydrogen-bond donors (Lipinski definition) is 1. The Morgan fingerprint density at radius 2 is 2.00 bits per heavy atom. The Morgan fingerprint density at radius 1 is 1.35 bits per heavy atom. The van der Waals surface area contributed by atoms with Crippen molar-refractivity contribution in [1.82, 2.24) is 5.32 Å². The van der Waals surface area contributed by atoms with E-state index < -0.39 is 0 Å². The molecule has 0 aliphatic rings. The van der Waals surface area contributed by atoms with E-state index in [0.29, 0.717) is 5.02 Å². The monoisotopic (exact) mass is 257 g/mol. The van der Waals surface area contributed by atoms with Crippen molar-refractivity contribution in [3.8, 4) is 0 Å². The van der Waals surface area contributed by atoms with Gasteiger partial charge in [-0.25, -0.2) is 4.39 Å². The summed E-state index contributed by atoms with van der Waals surface area (Å²) in [6.07, 6.45) is 0.913. The van der Waals surface area contributed by atoms with E-state index in [4.69, 9.17) is 11.6 Å². The van der Waals surface area contributed by atoms with Gasteiger partial charge in [0.15, 0.2) is 0 Å². The number of halogens is 2. The van der Waals surface area contributed by atoms with E-state index in [1.54, 1.807) is 12.1 Å². The summed E-state index contributed by atoms with van der Waals surface area (Å²) < 4.78 is 13.7. The second kappa shape index (κ2) is 5.83. The fourth-order valence-corrected chi connectivity index (χ4v) is 1.88. The van der Waals surface area contributed by atoms with Gasteiger partial charge in [0.25, 0.3) is 0 Å². The highest BCUT2D eigenvalue weighted by Crippen LogP contribution is 2.24. The molecule has 1 aromatic rings. The minimum Gasteiger partial charge on any atom is -0.312 e. The molecule has 0 aliphatic heterocycles. The summed E-state index contributed by atoms with van der Waals surface area (Å²) in [7, 11) is 0. The molecule has 1 atom stereocenters. The van der Waals surface area contributed by atoms with Crippen LogP contribution in [-0.4, -0.2) is 12.1 Å². The van der Waals surface area contributed by atoms with Crippen molar-refractivity contribution in [3.05, 3.63) is 34.6 Å². The van der Waals surface area contributed by atoms with Crippen molar-refractivity contribution < 1.29 is 4.39 Å². The van der Waals surface area contributed by atoms with Crippen LogP contribution in [-0.2, 0) is 0 Å². The summed E-state index contributed by atoms with van der Waals surface area (Å²) in [5.41, 5.74) is 0.850. The van der Waals surface area contributed by atoms with E-state index in [0.717, 1.165) is 18.5 Å². The van der Waals surface area contributed by atoms with Gasteiger partial charge >= 0.3 is 0 Å². The van der Waals surface area contributed by atoms with E-state index >= 15 is 0 Å². The third-order valence-electron chi connectivity index (χ3n) is 2.73. The Hall–Kier alpha value is -0.600. The van der Waals surface area contributed by atoms with E-state index in [2.05, 4.69) is 26.1 Å². The second-order valence-corrected chi connectivity index (χ2v) is 5.97. The largest absolute Gasteiger partial charge is 0.312 e. The van der Waals surface area contributed by atoms with Gasteiger partial charge in [0.2, 0.25) is 0 Å². The van der Waals surface area contributed by atoms with Gasteiger partial charge in [-0.3, -0.25) is 0 Å². The standard InChI is InChI=1S/C14H21ClFN/c1-10(7-8-17-14(2,3)4)12-6-5-11(15)9-13(12)16/h5-6,9-10,17H,7-8H2,1-4H3. The molecular formula is C14H21ClFN. The number of nitrogens with one attached hydrogen (secondary N) is 1. The van der Waals surface area contributed by atoms with Gasteiger partial charge in [0.1, 0.15) is 5.82 Å². The zero-order valence-electron chi connectivity index (χ0n) is 11.0. The molecule has 0 spiro atoms. The Kier molecular flexibility index (Phi) is 4.96. The molecule has 0 saturated carbocycles. The topological polar surface area (TPSA) is 12.0 Å². The van der Waals surface area contributed by atoms with Gasteiger partial charge < -0.3 is 5.32 Å². The van der Waals surface area contributed by atoms with Crippen molar-refractivity contribution in [2.45, 2.75) is 45.6 Å². The van der Waals surface area contributed by atoms with Crippen LogP contribution in [0.25, 0.3) is 0 Å². The molecule has 0 aromatic heterocycles. The van der Waals surface area contributed by atoms with Gasteiger partial charge in [-0.2, -0.15) is 0 Å². The predicted molar refractivity (Wildman–Crippen MR) is 72.2 cm³/mol. The maximum Gasteiger partial charge on any atom is 0.128 e. The van der Waals surface area contributed by atoms with Crippen LogP contribution in [0.2, 0.25) is 5.02 Å². The minimum absolute atomic E-state index is 0.109. The van der Waals surface area contributed by atoms with Crippen LogP contribution in [0.1, 0.15) is 45.6 Å². The third-order valence-corrected chi connectivity index (χ3v) is 2.96. The lowest BCUT2D eigenvalue weighted by Gasteiger charge is -2.22. The summed E-state index contributed by atoms with van der Waals surface area (Å²) >= 11 is 5.73. The summed E-state index contributed by atoms with van der Waals surface area (Å²) in [5, 5.41) is 3.86. The molecule has 0 heterocycles. The molecule has 1 nitrogen and oxygen atoms in total. The molecule has 0 saturated heterocycles. The highest BCUT2D eigenvalue weighted by Gasteiger charge is 2.13. The number of benzene rings is 1. The van der Waals surface area contributed by atoms with Crippen molar-refractivity contribution in [2.24, 2.45) is 0 Å². The molecule has 0 amide bonds. The van der Waals surface area contributed by atoms with Gasteiger partial charge in [-0.15, -0.1) is 0 Å². The zero-order chi connectivity index (χ0) is 13.1. The van der Waals surface area contributed by atoms with E-state index in [1.165, 1.54) is 6.07 Å². The zero-order valence-corrected chi connectivity index (χ0v) is 11.7. The molecule has 17 heavy (non-hydrogen) atoms. The van der Waals surface area contributed by atoms with Gasteiger partial charge in [0.05, 0.1) is 0 Å². The highest BCUT2D eigenvalue weighted by molar-refractivity contribution is 6.30. The van der Waals surface area contributed by atoms with Gasteiger partial charge in [-0.1, -0.05) is 24.6 Å². The lowest BCUT2D eigenvalue weighted by molar-refractivity contribution is 0.412. The Bertz CT molecular complexity index is 371. The number of hydrogen-bond acceptors (Lipinski definition) is 1. The fraction of sp³-hybridized carbons (Fsp3) is 0.571. The normalized spacial score (nSPS) is 13.8. The minimum atomic E-state index is -0.208.